The third-order valence-electron chi connectivity index (χ3n) is 6.97. The first-order valence-electron chi connectivity index (χ1n) is 11.9. The number of hydrogen-bond donors (Lipinski definition) is 1. The zero-order valence-corrected chi connectivity index (χ0v) is 19.8. The molecule has 0 unspecified atom stereocenters. The van der Waals surface area contributed by atoms with Gasteiger partial charge >= 0.3 is 12.3 Å². The number of carbonyl (C=O) groups is 2. The lowest BCUT2D eigenvalue weighted by molar-refractivity contribution is -0.274. The van der Waals surface area contributed by atoms with Gasteiger partial charge in [0.05, 0.1) is 6.04 Å². The molecular weight excluding hydrogens is 491 g/mol. The van der Waals surface area contributed by atoms with Gasteiger partial charge in [0.25, 0.3) is 11.9 Å². The number of carbonyl (C=O) groups excluding carboxylic acids is 1. The highest BCUT2D eigenvalue weighted by atomic mass is 19.4. The topological polar surface area (TPSA) is 96.1 Å². The Hall–Kier alpha value is -4.02. The van der Waals surface area contributed by atoms with Crippen molar-refractivity contribution in [2.24, 2.45) is 5.92 Å². The molecule has 5 rings (SSSR count). The zero-order valence-electron chi connectivity index (χ0n) is 19.8. The molecule has 2 heterocycles. The van der Waals surface area contributed by atoms with Gasteiger partial charge in [-0.05, 0) is 55.7 Å². The Morgan fingerprint density at radius 3 is 2.54 bits per heavy atom. The van der Waals surface area contributed by atoms with E-state index < -0.39 is 18.1 Å². The van der Waals surface area contributed by atoms with Crippen molar-refractivity contribution in [1.29, 1.82) is 0 Å². The minimum Gasteiger partial charge on any atom is -0.476 e. The molecular formula is C26H24F3N3O5. The molecule has 1 fully saturated rings. The third kappa shape index (κ3) is 4.61. The highest BCUT2D eigenvalue weighted by molar-refractivity contribution is 6.07. The number of carboxylic acid groups (broad SMARTS) is 1. The van der Waals surface area contributed by atoms with Crippen LogP contribution in [-0.2, 0) is 0 Å². The normalized spacial score (nSPS) is 20.8. The van der Waals surface area contributed by atoms with E-state index in [0.717, 1.165) is 43.2 Å². The van der Waals surface area contributed by atoms with Gasteiger partial charge < -0.3 is 24.1 Å². The molecule has 0 radical (unpaired) electrons. The fourth-order valence-corrected chi connectivity index (χ4v) is 5.57. The summed E-state index contributed by atoms with van der Waals surface area (Å²) < 4.78 is 47.2. The summed E-state index contributed by atoms with van der Waals surface area (Å²) in [5.74, 6) is -1.88. The summed E-state index contributed by atoms with van der Waals surface area (Å²) >= 11 is 0. The number of aromatic nitrogens is 1. The van der Waals surface area contributed by atoms with Gasteiger partial charge in [-0.1, -0.05) is 24.6 Å². The van der Waals surface area contributed by atoms with E-state index in [1.165, 1.54) is 12.1 Å². The molecule has 37 heavy (non-hydrogen) atoms. The monoisotopic (exact) mass is 515 g/mol. The SMILES string of the molecule is CCN(c1nc(C(=O)O)co1)[C@H]1c2ccccc2N(C(=O)c2ccc(OC(F)(F)F)cc2)[C@@H]2CCC[C@@H]21. The molecule has 1 aliphatic carbocycles. The van der Waals surface area contributed by atoms with Crippen molar-refractivity contribution in [3.05, 3.63) is 71.6 Å². The molecule has 2 aromatic carbocycles. The first kappa shape index (κ1) is 24.7. The number of para-hydroxylation sites is 1. The Balaban J connectivity index is 1.52. The second-order valence-corrected chi connectivity index (χ2v) is 9.02. The molecule has 0 spiro atoms. The van der Waals surface area contributed by atoms with Crippen LogP contribution in [0.1, 0.15) is 58.6 Å². The van der Waals surface area contributed by atoms with Crippen LogP contribution in [0.15, 0.2) is 59.2 Å². The third-order valence-corrected chi connectivity index (χ3v) is 6.97. The number of amides is 1. The predicted octanol–water partition coefficient (Wildman–Crippen LogP) is 5.67. The van der Waals surface area contributed by atoms with Crippen molar-refractivity contribution in [3.8, 4) is 5.75 Å². The van der Waals surface area contributed by atoms with E-state index in [1.807, 2.05) is 36.1 Å². The number of alkyl halides is 3. The quantitative estimate of drug-likeness (QED) is 0.452. The number of hydrogen-bond acceptors (Lipinski definition) is 6. The molecule has 194 valence electrons. The maximum absolute atomic E-state index is 13.7. The molecule has 1 N–H and O–H groups in total. The number of anilines is 2. The van der Waals surface area contributed by atoms with Crippen LogP contribution in [0, 0.1) is 5.92 Å². The van der Waals surface area contributed by atoms with Crippen molar-refractivity contribution >= 4 is 23.6 Å². The van der Waals surface area contributed by atoms with E-state index in [9.17, 15) is 27.9 Å². The highest BCUT2D eigenvalue weighted by Crippen LogP contribution is 2.51. The van der Waals surface area contributed by atoms with Crippen molar-refractivity contribution in [2.75, 3.05) is 16.3 Å². The molecule has 11 heteroatoms. The average molecular weight is 515 g/mol. The van der Waals surface area contributed by atoms with E-state index in [1.54, 1.807) is 4.90 Å². The van der Waals surface area contributed by atoms with Crippen molar-refractivity contribution in [2.45, 2.75) is 44.6 Å². The largest absolute Gasteiger partial charge is 0.573 e. The van der Waals surface area contributed by atoms with E-state index in [2.05, 4.69) is 9.72 Å². The number of benzene rings is 2. The summed E-state index contributed by atoms with van der Waals surface area (Å²) in [5, 5.41) is 9.30. The van der Waals surface area contributed by atoms with Gasteiger partial charge in [-0.3, -0.25) is 4.79 Å². The van der Waals surface area contributed by atoms with E-state index >= 15 is 0 Å². The van der Waals surface area contributed by atoms with Gasteiger partial charge in [0.15, 0.2) is 5.69 Å². The van der Waals surface area contributed by atoms with Crippen LogP contribution in [0.4, 0.5) is 24.9 Å². The van der Waals surface area contributed by atoms with Crippen LogP contribution in [-0.4, -0.2) is 40.9 Å². The number of ether oxygens (including phenoxy) is 1. The van der Waals surface area contributed by atoms with Crippen LogP contribution in [0.3, 0.4) is 0 Å². The number of fused-ring (bicyclic) bond motifs is 2. The Morgan fingerprint density at radius 1 is 1.16 bits per heavy atom. The maximum atomic E-state index is 13.7. The van der Waals surface area contributed by atoms with Gasteiger partial charge in [0, 0.05) is 29.8 Å². The number of oxazole rings is 1. The first-order chi connectivity index (χ1) is 17.7. The lowest BCUT2D eigenvalue weighted by atomic mass is 9.81. The second kappa shape index (κ2) is 9.45. The van der Waals surface area contributed by atoms with Crippen molar-refractivity contribution in [1.82, 2.24) is 4.98 Å². The van der Waals surface area contributed by atoms with Gasteiger partial charge in [0.2, 0.25) is 0 Å². The van der Waals surface area contributed by atoms with Crippen LogP contribution in [0.25, 0.3) is 0 Å². The lowest BCUT2D eigenvalue weighted by Crippen LogP contribution is -2.51. The fraction of sp³-hybridized carbons (Fsp3) is 0.346. The lowest BCUT2D eigenvalue weighted by Gasteiger charge is -2.47. The summed E-state index contributed by atoms with van der Waals surface area (Å²) in [7, 11) is 0. The summed E-state index contributed by atoms with van der Waals surface area (Å²) in [6.07, 6.45) is -1.24. The van der Waals surface area contributed by atoms with Crippen LogP contribution >= 0.6 is 0 Å². The molecule has 1 aliphatic heterocycles. The summed E-state index contributed by atoms with van der Waals surface area (Å²) in [4.78, 5) is 33.0. The fourth-order valence-electron chi connectivity index (χ4n) is 5.57. The number of aromatic carboxylic acids is 1. The van der Waals surface area contributed by atoms with E-state index in [-0.39, 0.29) is 41.2 Å². The number of halogens is 3. The minimum absolute atomic E-state index is 0.00631. The van der Waals surface area contributed by atoms with Crippen LogP contribution < -0.4 is 14.5 Å². The predicted molar refractivity (Wildman–Crippen MR) is 127 cm³/mol. The maximum Gasteiger partial charge on any atom is 0.573 e. The molecule has 1 saturated carbocycles. The molecule has 1 aromatic heterocycles. The Kier molecular flexibility index (Phi) is 6.30. The van der Waals surface area contributed by atoms with Gasteiger partial charge in [-0.25, -0.2) is 4.79 Å². The van der Waals surface area contributed by atoms with Crippen molar-refractivity contribution < 1.29 is 37.0 Å². The van der Waals surface area contributed by atoms with Gasteiger partial charge in [0.1, 0.15) is 12.0 Å². The summed E-state index contributed by atoms with van der Waals surface area (Å²) in [6.45, 7) is 2.43. The molecule has 3 aromatic rings. The zero-order chi connectivity index (χ0) is 26.3. The van der Waals surface area contributed by atoms with E-state index in [0.29, 0.717) is 12.2 Å². The number of carboxylic acids is 1. The van der Waals surface area contributed by atoms with E-state index in [4.69, 9.17) is 4.42 Å². The average Bonchev–Trinajstić information content (AvgIpc) is 3.54. The Bertz CT molecular complexity index is 1310. The second-order valence-electron chi connectivity index (χ2n) is 9.02. The smallest absolute Gasteiger partial charge is 0.476 e. The highest BCUT2D eigenvalue weighted by Gasteiger charge is 2.48. The van der Waals surface area contributed by atoms with Gasteiger partial charge in [-0.2, -0.15) is 4.98 Å². The summed E-state index contributed by atoms with van der Waals surface area (Å²) in [5.41, 5.74) is 1.63. The molecule has 1 amide bonds. The molecule has 8 nitrogen and oxygen atoms in total. The molecule has 3 atom stereocenters. The number of rotatable bonds is 6. The van der Waals surface area contributed by atoms with Crippen LogP contribution in [0.5, 0.6) is 5.75 Å². The molecule has 2 aliphatic rings. The van der Waals surface area contributed by atoms with Gasteiger partial charge in [-0.15, -0.1) is 13.2 Å². The van der Waals surface area contributed by atoms with Crippen LogP contribution in [0.2, 0.25) is 0 Å². The molecule has 0 bridgehead atoms. The standard InChI is InChI=1S/C26H24F3N3O5/c1-2-31(25-30-19(14-36-25)24(34)35)22-17-6-3-4-8-20(17)32(21-9-5-7-18(21)22)23(33)15-10-12-16(13-11-15)37-26(27,28)29/h3-4,6,8,10-14,18,21-22H,2,5,7,9H2,1H3,(H,34,35)/t18-,21+,22-/m0/s1. The first-order valence-corrected chi connectivity index (χ1v) is 11.9. The minimum atomic E-state index is -4.82. The Labute approximate surface area is 210 Å². The van der Waals surface area contributed by atoms with Crippen molar-refractivity contribution in [3.63, 3.8) is 0 Å². The summed E-state index contributed by atoms with van der Waals surface area (Å²) in [6, 6.07) is 12.2. The number of nitrogens with zero attached hydrogens (tertiary/aromatic N) is 3. The molecule has 0 saturated heterocycles. The Morgan fingerprint density at radius 2 is 1.89 bits per heavy atom.